The highest BCUT2D eigenvalue weighted by Gasteiger charge is 2.76. The third kappa shape index (κ3) is 7.57. The smallest absolute Gasteiger partial charge is 0.483 e. The second kappa shape index (κ2) is 14.8. The first-order valence-electron chi connectivity index (χ1n) is 20.1. The van der Waals surface area contributed by atoms with Gasteiger partial charge in [0.1, 0.15) is 35.8 Å². The summed E-state index contributed by atoms with van der Waals surface area (Å²) in [4.78, 5) is 62.4. The van der Waals surface area contributed by atoms with Crippen molar-refractivity contribution in [3.8, 4) is 11.5 Å². The predicted octanol–water partition coefficient (Wildman–Crippen LogP) is 4.54. The first-order valence-corrected chi connectivity index (χ1v) is 21.6. The molecule has 15 nitrogen and oxygen atoms in total. The lowest BCUT2D eigenvalue weighted by Crippen LogP contribution is -2.57. The first-order chi connectivity index (χ1) is 27.9. The third-order valence-electron chi connectivity index (χ3n) is 12.7. The maximum absolute atomic E-state index is 14.8. The summed E-state index contributed by atoms with van der Waals surface area (Å²) in [5.74, 6) is -2.99. The summed E-state index contributed by atoms with van der Waals surface area (Å²) >= 11 is 0. The molecule has 5 aliphatic heterocycles. The van der Waals surface area contributed by atoms with Crippen LogP contribution < -0.4 is 20.1 Å². The number of aryl methyl sites for hydroxylation is 2. The molecule has 0 unspecified atom stereocenters. The molecule has 0 bridgehead atoms. The zero-order valence-electron chi connectivity index (χ0n) is 33.1. The van der Waals surface area contributed by atoms with Gasteiger partial charge in [0.15, 0.2) is 0 Å². The van der Waals surface area contributed by atoms with Crippen molar-refractivity contribution in [2.45, 2.75) is 119 Å². The number of pyridine rings is 1. The van der Waals surface area contributed by atoms with E-state index < -0.39 is 80.0 Å². The van der Waals surface area contributed by atoms with E-state index in [1.807, 2.05) is 6.08 Å². The molecule has 2 N–H and O–H groups in total. The zero-order chi connectivity index (χ0) is 42.1. The molecular weight excluding hydrogens is 800 g/mol. The number of hydrogen-bond acceptors (Lipinski definition) is 11. The second-order valence-corrected chi connectivity index (χ2v) is 19.3. The van der Waals surface area contributed by atoms with Crippen LogP contribution in [0.2, 0.25) is 0 Å². The average Bonchev–Trinajstić information content (AvgIpc) is 4.01. The van der Waals surface area contributed by atoms with Crippen LogP contribution in [0.1, 0.15) is 82.9 Å². The van der Waals surface area contributed by atoms with E-state index in [0.29, 0.717) is 79.6 Å². The molecule has 2 aromatic rings. The number of aromatic nitrogens is 1. The Labute approximate surface area is 339 Å². The van der Waals surface area contributed by atoms with E-state index in [9.17, 15) is 40.8 Å². The average molecular weight is 848 g/mol. The number of carbonyl (C=O) groups excluding carboxylic acids is 4. The number of alkyl carbamates (subject to hydrolysis) is 1. The van der Waals surface area contributed by atoms with Gasteiger partial charge in [0.25, 0.3) is 5.91 Å². The third-order valence-corrected chi connectivity index (χ3v) is 15.2. The van der Waals surface area contributed by atoms with Crippen LogP contribution in [0.25, 0.3) is 10.9 Å². The van der Waals surface area contributed by atoms with Crippen molar-refractivity contribution < 1.29 is 59.7 Å². The number of hydrogen-bond donors (Lipinski definition) is 2. The minimum Gasteiger partial charge on any atom is -0.483 e. The quantitative estimate of drug-likeness (QED) is 0.308. The maximum atomic E-state index is 14.8. The summed E-state index contributed by atoms with van der Waals surface area (Å²) < 4.78 is 88.4. The minimum absolute atomic E-state index is 0.0415. The summed E-state index contributed by atoms with van der Waals surface area (Å²) in [6.45, 7) is 5.80. The topological polar surface area (TPSA) is 183 Å². The van der Waals surface area contributed by atoms with Crippen LogP contribution in [-0.2, 0) is 40.3 Å². The number of nitrogens with one attached hydrogen (secondary N) is 2. The van der Waals surface area contributed by atoms with E-state index in [4.69, 9.17) is 14.2 Å². The molecule has 6 heterocycles. The number of fused-ring (bicyclic) bond motifs is 4. The number of sulfonamides is 1. The number of alkyl halides is 3. The van der Waals surface area contributed by atoms with Gasteiger partial charge in [-0.2, -0.15) is 0 Å². The second-order valence-electron chi connectivity index (χ2n) is 17.0. The Balaban J connectivity index is 1.14. The van der Waals surface area contributed by atoms with Gasteiger partial charge in [-0.1, -0.05) is 31.9 Å². The van der Waals surface area contributed by atoms with E-state index in [1.54, 1.807) is 26.8 Å². The summed E-state index contributed by atoms with van der Waals surface area (Å²) in [6, 6.07) is 1.47. The molecule has 4 fully saturated rings. The standard InChI is InChI=1S/C40H48F3N5O10S/c1-23-9-7-5-4-6-8-10-30(45-36(52)56-21-25-19-55-20-25)34(50)47-22-38(18-31(47)33(49)46-39(23)35(51)48(39)59(53,54)37(3)15-16-37)14-13-27-28-17-26(57-40(41,42)43)11-12-29(28)44-24(2)32(27)58-38/h7,9,11-12,17,23,25,30-31H,4-6,8,10,13-16,18-22H2,1-3H3,(H,45,52)(H,46,49)/b9-7-/t23-,30-,31-,38+,39-,48?/m0/s1. The lowest BCUT2D eigenvalue weighted by molar-refractivity contribution is -0.274. The van der Waals surface area contributed by atoms with Crippen molar-refractivity contribution in [3.63, 3.8) is 0 Å². The molecule has 6 aliphatic rings. The van der Waals surface area contributed by atoms with Gasteiger partial charge in [-0.25, -0.2) is 22.5 Å². The molecule has 0 radical (unpaired) electrons. The van der Waals surface area contributed by atoms with Gasteiger partial charge in [0, 0.05) is 29.2 Å². The number of rotatable bonds is 6. The minimum atomic E-state index is -4.91. The van der Waals surface area contributed by atoms with Crippen LogP contribution in [0, 0.1) is 18.8 Å². The van der Waals surface area contributed by atoms with E-state index in [2.05, 4.69) is 20.4 Å². The summed E-state index contributed by atoms with van der Waals surface area (Å²) in [6.07, 6.45) is 1.78. The van der Waals surface area contributed by atoms with Gasteiger partial charge >= 0.3 is 12.5 Å². The predicted molar refractivity (Wildman–Crippen MR) is 203 cm³/mol. The van der Waals surface area contributed by atoms with Crippen LogP contribution in [0.5, 0.6) is 11.5 Å². The number of amides is 4. The number of allylic oxidation sites excluding steroid dienone is 1. The Morgan fingerprint density at radius 1 is 1.12 bits per heavy atom. The molecule has 19 heteroatoms. The molecule has 4 amide bonds. The molecule has 1 saturated carbocycles. The van der Waals surface area contributed by atoms with E-state index >= 15 is 0 Å². The largest absolute Gasteiger partial charge is 0.573 e. The molecule has 1 aromatic carbocycles. The van der Waals surface area contributed by atoms with Crippen molar-refractivity contribution in [1.82, 2.24) is 24.8 Å². The van der Waals surface area contributed by atoms with Crippen molar-refractivity contribution in [1.29, 1.82) is 0 Å². The number of halogens is 3. The lowest BCUT2D eigenvalue weighted by Gasteiger charge is -2.36. The molecule has 59 heavy (non-hydrogen) atoms. The van der Waals surface area contributed by atoms with Gasteiger partial charge < -0.3 is 34.5 Å². The van der Waals surface area contributed by atoms with Crippen molar-refractivity contribution in [2.24, 2.45) is 11.8 Å². The molecule has 320 valence electrons. The van der Waals surface area contributed by atoms with Crippen LogP contribution in [0.3, 0.4) is 0 Å². The number of benzene rings is 1. The Kier molecular flexibility index (Phi) is 10.3. The van der Waals surface area contributed by atoms with E-state index in [1.165, 1.54) is 23.1 Å². The Bertz CT molecular complexity index is 2210. The van der Waals surface area contributed by atoms with Crippen LogP contribution >= 0.6 is 0 Å². The molecule has 3 saturated heterocycles. The van der Waals surface area contributed by atoms with Gasteiger partial charge in [-0.15, -0.1) is 13.2 Å². The van der Waals surface area contributed by atoms with E-state index in [-0.39, 0.29) is 44.8 Å². The normalized spacial score (nSPS) is 30.3. The molecule has 1 aromatic heterocycles. The van der Waals surface area contributed by atoms with Gasteiger partial charge in [-0.05, 0) is 77.0 Å². The lowest BCUT2D eigenvalue weighted by atomic mass is 9.87. The monoisotopic (exact) mass is 847 g/mol. The fourth-order valence-electron chi connectivity index (χ4n) is 8.78. The van der Waals surface area contributed by atoms with Crippen molar-refractivity contribution >= 4 is 44.7 Å². The van der Waals surface area contributed by atoms with Gasteiger partial charge in [0.2, 0.25) is 27.5 Å². The first kappa shape index (κ1) is 41.1. The number of carbonyl (C=O) groups is 4. The summed E-state index contributed by atoms with van der Waals surface area (Å²) in [5, 5.41) is 5.91. The fourth-order valence-corrected chi connectivity index (χ4v) is 10.8. The highest BCUT2D eigenvalue weighted by Crippen LogP contribution is 2.53. The van der Waals surface area contributed by atoms with Gasteiger partial charge in [0.05, 0.1) is 35.7 Å². The summed E-state index contributed by atoms with van der Waals surface area (Å²) in [5.41, 5.74) is -1.69. The SMILES string of the molecule is Cc1nc2ccc(OC(F)(F)F)cc2c2c1O[C@]1(CC2)C[C@H]2C(=O)N[C@@]3(C(=O)N3S(=O)(=O)C3(C)CC3)[C@@H](C)/C=C\CCCCC[C@H](NC(=O)OCC3COC3)C(=O)N2C1. The number of nitrogens with zero attached hydrogens (tertiary/aromatic N) is 3. The Morgan fingerprint density at radius 3 is 2.58 bits per heavy atom. The van der Waals surface area contributed by atoms with Crippen LogP contribution in [0.15, 0.2) is 30.4 Å². The molecular formula is C40H48F3N5O10S. The maximum Gasteiger partial charge on any atom is 0.573 e. The highest BCUT2D eigenvalue weighted by molar-refractivity contribution is 7.91. The van der Waals surface area contributed by atoms with Crippen molar-refractivity contribution in [3.05, 3.63) is 41.6 Å². The fraction of sp³-hybridized carbons (Fsp3) is 0.625. The Morgan fingerprint density at radius 2 is 1.88 bits per heavy atom. The highest BCUT2D eigenvalue weighted by atomic mass is 32.2. The molecule has 8 rings (SSSR count). The molecule has 1 aliphatic carbocycles. The van der Waals surface area contributed by atoms with E-state index in [0.717, 1.165) is 4.31 Å². The summed E-state index contributed by atoms with van der Waals surface area (Å²) in [7, 11) is -4.17. The van der Waals surface area contributed by atoms with Crippen LogP contribution in [-0.4, -0.2) is 107 Å². The number of ether oxygens (including phenoxy) is 4. The molecule has 2 spiro atoms. The van der Waals surface area contributed by atoms with Crippen LogP contribution in [0.4, 0.5) is 18.0 Å². The zero-order valence-corrected chi connectivity index (χ0v) is 33.9. The Hall–Kier alpha value is -4.65. The van der Waals surface area contributed by atoms with Crippen molar-refractivity contribution in [2.75, 3.05) is 26.4 Å². The molecule has 5 atom stereocenters. The van der Waals surface area contributed by atoms with Gasteiger partial charge in [-0.3, -0.25) is 14.4 Å².